The Morgan fingerprint density at radius 3 is 1.88 bits per heavy atom. The Hall–Kier alpha value is 0.169. The average Bonchev–Trinajstić information content (AvgIpc) is 3.31. The first-order chi connectivity index (χ1) is 10.9. The number of rotatable bonds is 2. The molecular formula is C23H39FeP. The van der Waals surface area contributed by atoms with E-state index in [1.54, 1.807) is 5.30 Å². The van der Waals surface area contributed by atoms with Crippen molar-refractivity contribution < 1.29 is 17.1 Å². The smallest absolute Gasteiger partial charge is 0.358 e. The fourth-order valence-corrected chi connectivity index (χ4v) is 8.26. The van der Waals surface area contributed by atoms with E-state index in [4.69, 9.17) is 0 Å². The van der Waals surface area contributed by atoms with Crippen molar-refractivity contribution in [3.05, 3.63) is 45.2 Å². The van der Waals surface area contributed by atoms with Crippen molar-refractivity contribution in [1.82, 2.24) is 0 Å². The molecule has 0 spiro atoms. The van der Waals surface area contributed by atoms with Crippen LogP contribution in [0.4, 0.5) is 0 Å². The van der Waals surface area contributed by atoms with Crippen molar-refractivity contribution in [3.8, 4) is 0 Å². The molecule has 0 aromatic heterocycles. The quantitative estimate of drug-likeness (QED) is 0.278. The minimum Gasteiger partial charge on any atom is -0.358 e. The Morgan fingerprint density at radius 1 is 0.760 bits per heavy atom. The molecule has 0 amide bonds. The molecule has 3 unspecified atom stereocenters. The molecular weight excluding hydrogens is 363 g/mol. The SMILES string of the molecule is C1CCCC1.CC1CCCC1[C@H]1CCCP1c1ccccc1.[CH3-].[CH3-].[Fe+2]. The van der Waals surface area contributed by atoms with Gasteiger partial charge in [0.05, 0.1) is 0 Å². The summed E-state index contributed by atoms with van der Waals surface area (Å²) in [7, 11) is 0.159. The fraction of sp³-hybridized carbons (Fsp3) is 0.652. The molecule has 0 bridgehead atoms. The van der Waals surface area contributed by atoms with Gasteiger partial charge in [-0.2, -0.15) is 0 Å². The van der Waals surface area contributed by atoms with E-state index in [2.05, 4.69) is 37.3 Å². The van der Waals surface area contributed by atoms with E-state index < -0.39 is 0 Å². The summed E-state index contributed by atoms with van der Waals surface area (Å²) in [6.45, 7) is 2.49. The molecule has 0 N–H and O–H groups in total. The maximum atomic E-state index is 2.49. The molecule has 0 nitrogen and oxygen atoms in total. The molecule has 2 aliphatic carbocycles. The van der Waals surface area contributed by atoms with Crippen molar-refractivity contribution in [3.63, 3.8) is 0 Å². The zero-order valence-corrected chi connectivity index (χ0v) is 18.7. The van der Waals surface area contributed by atoms with Crippen LogP contribution in [0.2, 0.25) is 0 Å². The summed E-state index contributed by atoms with van der Waals surface area (Å²) in [4.78, 5) is 0. The van der Waals surface area contributed by atoms with Gasteiger partial charge in [0.25, 0.3) is 0 Å². The Morgan fingerprint density at radius 2 is 1.36 bits per heavy atom. The van der Waals surface area contributed by atoms with Crippen molar-refractivity contribution in [2.24, 2.45) is 11.8 Å². The van der Waals surface area contributed by atoms with E-state index in [9.17, 15) is 0 Å². The van der Waals surface area contributed by atoms with Crippen LogP contribution in [-0.2, 0) is 17.1 Å². The minimum atomic E-state index is 0. The normalized spacial score (nSPS) is 30.3. The molecule has 0 radical (unpaired) electrons. The third-order valence-electron chi connectivity index (χ3n) is 6.06. The van der Waals surface area contributed by atoms with Crippen molar-refractivity contribution in [2.75, 3.05) is 6.16 Å². The number of hydrogen-bond acceptors (Lipinski definition) is 0. The molecule has 144 valence electrons. The molecule has 2 heteroatoms. The van der Waals surface area contributed by atoms with E-state index in [0.29, 0.717) is 0 Å². The maximum Gasteiger partial charge on any atom is 2.00 e. The van der Waals surface area contributed by atoms with Crippen LogP contribution in [0, 0.1) is 26.7 Å². The Bertz CT molecular complexity index is 421. The van der Waals surface area contributed by atoms with Gasteiger partial charge in [-0.25, -0.2) is 0 Å². The van der Waals surface area contributed by atoms with Gasteiger partial charge >= 0.3 is 17.1 Å². The van der Waals surface area contributed by atoms with Crippen LogP contribution in [0.3, 0.4) is 0 Å². The van der Waals surface area contributed by atoms with E-state index in [1.807, 2.05) is 0 Å². The van der Waals surface area contributed by atoms with Crippen LogP contribution in [0.15, 0.2) is 30.3 Å². The van der Waals surface area contributed by atoms with Crippen LogP contribution in [-0.4, -0.2) is 11.8 Å². The van der Waals surface area contributed by atoms with Crippen LogP contribution in [0.1, 0.15) is 71.1 Å². The average molecular weight is 402 g/mol. The summed E-state index contributed by atoms with van der Waals surface area (Å²) < 4.78 is 0. The number of benzene rings is 1. The molecule has 1 aromatic carbocycles. The predicted octanol–water partition coefficient (Wildman–Crippen LogP) is 7.24. The summed E-state index contributed by atoms with van der Waals surface area (Å²) in [6, 6.07) is 11.4. The van der Waals surface area contributed by atoms with Gasteiger partial charge in [0.2, 0.25) is 0 Å². The van der Waals surface area contributed by atoms with E-state index in [1.165, 1.54) is 70.4 Å². The van der Waals surface area contributed by atoms with Gasteiger partial charge in [0.15, 0.2) is 0 Å². The Balaban J connectivity index is 0.000000630. The second-order valence-electron chi connectivity index (χ2n) is 7.58. The Labute approximate surface area is 170 Å². The topological polar surface area (TPSA) is 0 Å². The van der Waals surface area contributed by atoms with Gasteiger partial charge in [-0.05, 0) is 48.2 Å². The summed E-state index contributed by atoms with van der Waals surface area (Å²) in [5, 5.41) is 1.67. The van der Waals surface area contributed by atoms with Crippen LogP contribution in [0.25, 0.3) is 0 Å². The summed E-state index contributed by atoms with van der Waals surface area (Å²) in [6.07, 6.45) is 16.5. The van der Waals surface area contributed by atoms with Gasteiger partial charge in [-0.3, -0.25) is 0 Å². The summed E-state index contributed by atoms with van der Waals surface area (Å²) >= 11 is 0. The van der Waals surface area contributed by atoms with Gasteiger partial charge in [0.1, 0.15) is 0 Å². The van der Waals surface area contributed by atoms with Gasteiger partial charge < -0.3 is 14.9 Å². The first-order valence-electron chi connectivity index (χ1n) is 9.68. The van der Waals surface area contributed by atoms with Crippen molar-refractivity contribution >= 4 is 13.2 Å². The molecule has 2 saturated carbocycles. The number of hydrogen-bond donors (Lipinski definition) is 0. The molecule has 4 atom stereocenters. The second-order valence-corrected chi connectivity index (χ2v) is 10.1. The zero-order chi connectivity index (χ0) is 15.2. The van der Waals surface area contributed by atoms with Crippen LogP contribution >= 0.6 is 7.92 Å². The molecule has 3 aliphatic rings. The van der Waals surface area contributed by atoms with Gasteiger partial charge in [0, 0.05) is 0 Å². The van der Waals surface area contributed by atoms with Gasteiger partial charge in [-0.15, -0.1) is 0 Å². The molecule has 3 fully saturated rings. The monoisotopic (exact) mass is 402 g/mol. The second kappa shape index (κ2) is 13.4. The summed E-state index contributed by atoms with van der Waals surface area (Å²) in [5.41, 5.74) is 1.05. The van der Waals surface area contributed by atoms with E-state index in [0.717, 1.165) is 17.5 Å². The molecule has 1 saturated heterocycles. The molecule has 1 aromatic rings. The van der Waals surface area contributed by atoms with Gasteiger partial charge in [-0.1, -0.05) is 90.1 Å². The standard InChI is InChI=1S/C16H23P.C5H10.2CH3.Fe/c1-13-7-5-10-15(13)16-11-6-12-17(16)14-8-3-2-4-9-14;1-2-4-5-3-1;;;/h2-4,8-9,13,15-16H,5-7,10-12H2,1H3;1-5H2;2*1H3;/q;;2*-1;+2/t13?,15?,16-,17?;;;;/m1..../s1. The zero-order valence-electron chi connectivity index (χ0n) is 16.7. The molecule has 4 rings (SSSR count). The molecule has 1 aliphatic heterocycles. The third kappa shape index (κ3) is 7.01. The van der Waals surface area contributed by atoms with Crippen LogP contribution < -0.4 is 5.30 Å². The largest absolute Gasteiger partial charge is 2.00 e. The maximum absolute atomic E-state index is 2.49. The molecule has 1 heterocycles. The van der Waals surface area contributed by atoms with Crippen molar-refractivity contribution in [1.29, 1.82) is 0 Å². The summed E-state index contributed by atoms with van der Waals surface area (Å²) in [5.74, 6) is 2.04. The van der Waals surface area contributed by atoms with Crippen LogP contribution in [0.5, 0.6) is 0 Å². The first-order valence-corrected chi connectivity index (χ1v) is 11.3. The first kappa shape index (κ1) is 25.2. The van der Waals surface area contributed by atoms with Crippen molar-refractivity contribution in [2.45, 2.75) is 76.8 Å². The third-order valence-corrected chi connectivity index (χ3v) is 9.26. The van der Waals surface area contributed by atoms with E-state index in [-0.39, 0.29) is 39.8 Å². The fourth-order valence-electron chi connectivity index (χ4n) is 4.81. The molecule has 25 heavy (non-hydrogen) atoms. The minimum absolute atomic E-state index is 0. The Kier molecular flexibility index (Phi) is 13.4. The van der Waals surface area contributed by atoms with E-state index >= 15 is 0 Å². The predicted molar refractivity (Wildman–Crippen MR) is 113 cm³/mol.